The van der Waals surface area contributed by atoms with Crippen molar-refractivity contribution in [3.05, 3.63) is 18.2 Å². The molecule has 1 aromatic carbocycles. The van der Waals surface area contributed by atoms with Crippen LogP contribution in [-0.4, -0.2) is 30.4 Å². The number of nitrogens with one attached hydrogen (secondary N) is 3. The van der Waals surface area contributed by atoms with Crippen LogP contribution in [0.4, 0.5) is 11.4 Å². The molecule has 3 rings (SSSR count). The van der Waals surface area contributed by atoms with Gasteiger partial charge in [-0.1, -0.05) is 6.07 Å². The van der Waals surface area contributed by atoms with Crippen molar-refractivity contribution < 1.29 is 19.1 Å². The zero-order valence-electron chi connectivity index (χ0n) is 10.6. The monoisotopic (exact) mass is 275 g/mol. The Morgan fingerprint density at radius 2 is 2.15 bits per heavy atom. The van der Waals surface area contributed by atoms with Gasteiger partial charge in [-0.15, -0.1) is 0 Å². The highest BCUT2D eigenvalue weighted by atomic mass is 16.5. The van der Waals surface area contributed by atoms with Gasteiger partial charge in [-0.25, -0.2) is 0 Å². The van der Waals surface area contributed by atoms with Crippen molar-refractivity contribution in [3.63, 3.8) is 0 Å². The zero-order chi connectivity index (χ0) is 14.1. The van der Waals surface area contributed by atoms with Crippen LogP contribution < -0.4 is 20.7 Å². The summed E-state index contributed by atoms with van der Waals surface area (Å²) in [7, 11) is 0. The first kappa shape index (κ1) is 12.5. The van der Waals surface area contributed by atoms with Crippen molar-refractivity contribution in [1.29, 1.82) is 0 Å². The Morgan fingerprint density at radius 1 is 1.30 bits per heavy atom. The number of hydrogen-bond donors (Lipinski definition) is 3. The quantitative estimate of drug-likeness (QED) is 0.720. The lowest BCUT2D eigenvalue weighted by molar-refractivity contribution is -0.122. The number of amides is 3. The van der Waals surface area contributed by atoms with Gasteiger partial charge in [0.15, 0.2) is 6.61 Å². The molecule has 2 heterocycles. The van der Waals surface area contributed by atoms with Crippen molar-refractivity contribution in [2.45, 2.75) is 18.9 Å². The lowest BCUT2D eigenvalue weighted by Crippen LogP contribution is -2.37. The first-order chi connectivity index (χ1) is 9.63. The summed E-state index contributed by atoms with van der Waals surface area (Å²) in [5.41, 5.74) is 0.906. The van der Waals surface area contributed by atoms with E-state index in [1.165, 1.54) is 0 Å². The van der Waals surface area contributed by atoms with Gasteiger partial charge in [-0.2, -0.15) is 0 Å². The zero-order valence-corrected chi connectivity index (χ0v) is 10.6. The number of anilines is 2. The number of carbonyl (C=O) groups excluding carboxylic acids is 3. The Morgan fingerprint density at radius 3 is 2.90 bits per heavy atom. The van der Waals surface area contributed by atoms with E-state index in [-0.39, 0.29) is 24.3 Å². The Hall–Kier alpha value is -2.57. The smallest absolute Gasteiger partial charge is 0.262 e. The predicted molar refractivity (Wildman–Crippen MR) is 70.4 cm³/mol. The first-order valence-corrected chi connectivity index (χ1v) is 6.29. The fourth-order valence-electron chi connectivity index (χ4n) is 2.23. The van der Waals surface area contributed by atoms with Gasteiger partial charge in [0.1, 0.15) is 17.5 Å². The van der Waals surface area contributed by atoms with Gasteiger partial charge in [0.2, 0.25) is 11.8 Å². The summed E-state index contributed by atoms with van der Waals surface area (Å²) in [6, 6.07) is 4.57. The maximum atomic E-state index is 12.0. The van der Waals surface area contributed by atoms with Crippen molar-refractivity contribution in [2.24, 2.45) is 0 Å². The molecule has 1 atom stereocenters. The van der Waals surface area contributed by atoms with E-state index in [1.807, 2.05) is 0 Å². The Kier molecular flexibility index (Phi) is 3.02. The third-order valence-electron chi connectivity index (χ3n) is 3.22. The molecule has 104 valence electrons. The number of fused-ring (bicyclic) bond motifs is 1. The number of ether oxygens (including phenoxy) is 1. The molecule has 0 spiro atoms. The number of para-hydroxylation sites is 1. The summed E-state index contributed by atoms with van der Waals surface area (Å²) < 4.78 is 5.27. The normalized spacial score (nSPS) is 20.5. The third kappa shape index (κ3) is 2.29. The van der Waals surface area contributed by atoms with Crippen molar-refractivity contribution >= 4 is 29.1 Å². The molecule has 3 amide bonds. The summed E-state index contributed by atoms with van der Waals surface area (Å²) in [5, 5.41) is 7.97. The minimum Gasteiger partial charge on any atom is -0.481 e. The number of hydrogen-bond acceptors (Lipinski definition) is 4. The summed E-state index contributed by atoms with van der Waals surface area (Å²) in [5.74, 6) is -0.188. The third-order valence-corrected chi connectivity index (χ3v) is 3.22. The van der Waals surface area contributed by atoms with E-state index in [0.29, 0.717) is 30.0 Å². The molecule has 0 bridgehead atoms. The van der Waals surface area contributed by atoms with Crippen LogP contribution in [0.1, 0.15) is 12.8 Å². The van der Waals surface area contributed by atoms with Crippen molar-refractivity contribution in [2.75, 3.05) is 17.2 Å². The lowest BCUT2D eigenvalue weighted by atomic mass is 10.2. The number of rotatable bonds is 2. The number of benzene rings is 1. The van der Waals surface area contributed by atoms with E-state index in [1.54, 1.807) is 18.2 Å². The number of carbonyl (C=O) groups is 3. The van der Waals surface area contributed by atoms with Crippen molar-refractivity contribution in [3.8, 4) is 5.75 Å². The van der Waals surface area contributed by atoms with Crippen LogP contribution in [0, 0.1) is 0 Å². The van der Waals surface area contributed by atoms with Crippen LogP contribution >= 0.6 is 0 Å². The van der Waals surface area contributed by atoms with Crippen LogP contribution in [0.3, 0.4) is 0 Å². The molecule has 1 unspecified atom stereocenters. The molecule has 1 saturated heterocycles. The lowest BCUT2D eigenvalue weighted by Gasteiger charge is -2.21. The second kappa shape index (κ2) is 4.84. The van der Waals surface area contributed by atoms with Gasteiger partial charge in [0.25, 0.3) is 5.91 Å². The van der Waals surface area contributed by atoms with Gasteiger partial charge >= 0.3 is 0 Å². The molecule has 2 aliphatic heterocycles. The highest BCUT2D eigenvalue weighted by Gasteiger charge is 2.28. The highest BCUT2D eigenvalue weighted by Crippen LogP contribution is 2.34. The maximum Gasteiger partial charge on any atom is 0.262 e. The van der Waals surface area contributed by atoms with E-state index in [0.717, 1.165) is 0 Å². The molecular formula is C13H13N3O4. The molecule has 7 nitrogen and oxygen atoms in total. The van der Waals surface area contributed by atoms with Crippen LogP contribution in [0.2, 0.25) is 0 Å². The molecule has 3 N–H and O–H groups in total. The minimum atomic E-state index is -0.529. The van der Waals surface area contributed by atoms with Crippen LogP contribution in [0.25, 0.3) is 0 Å². The summed E-state index contributed by atoms with van der Waals surface area (Å²) in [4.78, 5) is 34.5. The topological polar surface area (TPSA) is 96.5 Å². The van der Waals surface area contributed by atoms with Crippen molar-refractivity contribution in [1.82, 2.24) is 5.32 Å². The van der Waals surface area contributed by atoms with E-state index in [2.05, 4.69) is 16.0 Å². The van der Waals surface area contributed by atoms with Gasteiger partial charge in [0.05, 0.1) is 5.69 Å². The molecule has 0 saturated carbocycles. The fraction of sp³-hybridized carbons (Fsp3) is 0.308. The molecule has 0 radical (unpaired) electrons. The molecule has 7 heteroatoms. The molecule has 20 heavy (non-hydrogen) atoms. The molecule has 1 fully saturated rings. The highest BCUT2D eigenvalue weighted by molar-refractivity contribution is 6.05. The summed E-state index contributed by atoms with van der Waals surface area (Å²) in [6.07, 6.45) is 0.827. The van der Waals surface area contributed by atoms with E-state index >= 15 is 0 Å². The first-order valence-electron chi connectivity index (χ1n) is 6.29. The largest absolute Gasteiger partial charge is 0.481 e. The molecule has 0 aliphatic carbocycles. The fourth-order valence-corrected chi connectivity index (χ4v) is 2.23. The van der Waals surface area contributed by atoms with Crippen LogP contribution in [-0.2, 0) is 14.4 Å². The van der Waals surface area contributed by atoms with Gasteiger partial charge in [-0.05, 0) is 18.6 Å². The molecular weight excluding hydrogens is 262 g/mol. The summed E-state index contributed by atoms with van der Waals surface area (Å²) >= 11 is 0. The Balaban J connectivity index is 1.79. The second-order valence-electron chi connectivity index (χ2n) is 4.66. The average molecular weight is 275 g/mol. The maximum absolute atomic E-state index is 12.0. The van der Waals surface area contributed by atoms with Gasteiger partial charge < -0.3 is 20.7 Å². The predicted octanol–water partition coefficient (Wildman–Crippen LogP) is 0.235. The van der Waals surface area contributed by atoms with E-state index in [4.69, 9.17) is 4.74 Å². The standard InChI is InChI=1S/C13H13N3O4/c17-10-5-4-8(14-10)13(19)15-7-2-1-3-9-12(7)16-11(18)6-20-9/h1-3,8H,4-6H2,(H,14,17)(H,15,19)(H,16,18). The van der Waals surface area contributed by atoms with Crippen LogP contribution in [0.5, 0.6) is 5.75 Å². The Bertz CT molecular complexity index is 599. The Labute approximate surface area is 114 Å². The second-order valence-corrected chi connectivity index (χ2v) is 4.66. The molecule has 2 aliphatic rings. The minimum absolute atomic E-state index is 0.0386. The molecule has 0 aromatic heterocycles. The van der Waals surface area contributed by atoms with Crippen LogP contribution in [0.15, 0.2) is 18.2 Å². The van der Waals surface area contributed by atoms with Gasteiger partial charge in [-0.3, -0.25) is 14.4 Å². The SMILES string of the molecule is O=C1COc2cccc(NC(=O)C3CCC(=O)N3)c2N1. The van der Waals surface area contributed by atoms with E-state index in [9.17, 15) is 14.4 Å². The summed E-state index contributed by atoms with van der Waals surface area (Å²) in [6.45, 7) is -0.0386. The molecule has 1 aromatic rings. The van der Waals surface area contributed by atoms with E-state index < -0.39 is 6.04 Å². The van der Waals surface area contributed by atoms with Gasteiger partial charge in [0, 0.05) is 6.42 Å². The average Bonchev–Trinajstić information content (AvgIpc) is 2.86.